The third-order valence-electron chi connectivity index (χ3n) is 2.96. The molecule has 0 amide bonds. The van der Waals surface area contributed by atoms with Gasteiger partial charge in [-0.15, -0.1) is 0 Å². The molecule has 1 aromatic carbocycles. The Morgan fingerprint density at radius 1 is 1.19 bits per heavy atom. The van der Waals surface area contributed by atoms with Gasteiger partial charge in [-0.2, -0.15) is 5.26 Å². The van der Waals surface area contributed by atoms with Gasteiger partial charge in [-0.25, -0.2) is 4.98 Å². The van der Waals surface area contributed by atoms with Gasteiger partial charge < -0.3 is 11.1 Å². The van der Waals surface area contributed by atoms with Crippen molar-refractivity contribution in [3.63, 3.8) is 0 Å². The van der Waals surface area contributed by atoms with E-state index in [0.29, 0.717) is 17.1 Å². The van der Waals surface area contributed by atoms with Crippen molar-refractivity contribution in [2.45, 2.75) is 0 Å². The first kappa shape index (κ1) is 13.3. The van der Waals surface area contributed by atoms with Crippen LogP contribution in [0.4, 0.5) is 17.2 Å². The Balaban J connectivity index is 2.09. The molecule has 102 valence electrons. The zero-order valence-corrected chi connectivity index (χ0v) is 12.4. The maximum absolute atomic E-state index is 9.16. The van der Waals surface area contributed by atoms with Crippen molar-refractivity contribution >= 4 is 44.0 Å². The molecule has 2 heterocycles. The second-order valence-electron chi connectivity index (χ2n) is 4.43. The van der Waals surface area contributed by atoms with Crippen LogP contribution in [0.15, 0.2) is 47.2 Å². The van der Waals surface area contributed by atoms with Crippen molar-refractivity contribution in [2.75, 3.05) is 11.1 Å². The zero-order valence-electron chi connectivity index (χ0n) is 10.8. The van der Waals surface area contributed by atoms with E-state index in [-0.39, 0.29) is 0 Å². The summed E-state index contributed by atoms with van der Waals surface area (Å²) in [6.07, 6.45) is 3.24. The lowest BCUT2D eigenvalue weighted by molar-refractivity contribution is 1.28. The molecular formula is C15H10BrN5. The van der Waals surface area contributed by atoms with Crippen molar-refractivity contribution in [1.82, 2.24) is 9.97 Å². The predicted octanol–water partition coefficient (Wildman–Crippen LogP) is 3.59. The lowest BCUT2D eigenvalue weighted by Gasteiger charge is -2.10. The standard InChI is InChI=1S/C15H10BrN5/c16-11-4-9-2-1-3-13(14(9)19-7-11)21-15-10(6-17)5-12(18)8-20-15/h1-5,7-8H,18H2,(H,20,21). The largest absolute Gasteiger partial charge is 0.397 e. The summed E-state index contributed by atoms with van der Waals surface area (Å²) >= 11 is 3.40. The number of nitrogen functional groups attached to an aromatic ring is 1. The summed E-state index contributed by atoms with van der Waals surface area (Å²) in [7, 11) is 0. The number of hydrogen-bond donors (Lipinski definition) is 2. The molecule has 0 aliphatic carbocycles. The number of pyridine rings is 2. The first-order valence-electron chi connectivity index (χ1n) is 6.14. The Kier molecular flexibility index (Phi) is 3.42. The molecule has 0 saturated heterocycles. The third-order valence-corrected chi connectivity index (χ3v) is 3.39. The number of halogens is 1. The van der Waals surface area contributed by atoms with Gasteiger partial charge >= 0.3 is 0 Å². The fourth-order valence-corrected chi connectivity index (χ4v) is 2.38. The van der Waals surface area contributed by atoms with Crippen LogP contribution in [0.25, 0.3) is 10.9 Å². The number of hydrogen-bond acceptors (Lipinski definition) is 5. The highest BCUT2D eigenvalue weighted by Gasteiger charge is 2.08. The van der Waals surface area contributed by atoms with Gasteiger partial charge in [-0.3, -0.25) is 4.98 Å². The molecule has 21 heavy (non-hydrogen) atoms. The van der Waals surface area contributed by atoms with E-state index in [1.165, 1.54) is 6.20 Å². The summed E-state index contributed by atoms with van der Waals surface area (Å²) in [5.74, 6) is 0.462. The van der Waals surface area contributed by atoms with Crippen molar-refractivity contribution in [1.29, 1.82) is 5.26 Å². The molecule has 2 aromatic heterocycles. The highest BCUT2D eigenvalue weighted by Crippen LogP contribution is 2.27. The van der Waals surface area contributed by atoms with Crippen LogP contribution in [-0.2, 0) is 0 Å². The van der Waals surface area contributed by atoms with E-state index in [0.717, 1.165) is 21.1 Å². The van der Waals surface area contributed by atoms with Gasteiger partial charge in [0.05, 0.1) is 28.7 Å². The third kappa shape index (κ3) is 2.64. The first-order chi connectivity index (χ1) is 10.2. The molecule has 0 saturated carbocycles. The number of nitrogens with zero attached hydrogens (tertiary/aromatic N) is 3. The minimum atomic E-state index is 0.393. The molecule has 3 N–H and O–H groups in total. The van der Waals surface area contributed by atoms with E-state index < -0.39 is 0 Å². The maximum Gasteiger partial charge on any atom is 0.148 e. The highest BCUT2D eigenvalue weighted by atomic mass is 79.9. The molecule has 6 heteroatoms. The van der Waals surface area contributed by atoms with Crippen LogP contribution in [0.5, 0.6) is 0 Å². The number of nitriles is 1. The molecule has 0 radical (unpaired) electrons. The predicted molar refractivity (Wildman–Crippen MR) is 86.1 cm³/mol. The quantitative estimate of drug-likeness (QED) is 0.744. The first-order valence-corrected chi connectivity index (χ1v) is 6.93. The van der Waals surface area contributed by atoms with Crippen LogP contribution in [0.1, 0.15) is 5.56 Å². The topological polar surface area (TPSA) is 87.6 Å². The summed E-state index contributed by atoms with van der Waals surface area (Å²) in [5, 5.41) is 13.3. The fourth-order valence-electron chi connectivity index (χ4n) is 2.03. The summed E-state index contributed by atoms with van der Waals surface area (Å²) in [5.41, 5.74) is 8.09. The molecule has 0 aliphatic rings. The molecule has 0 aliphatic heterocycles. The number of anilines is 3. The molecular weight excluding hydrogens is 330 g/mol. The Bertz CT molecular complexity index is 870. The van der Waals surface area contributed by atoms with Crippen molar-refractivity contribution in [3.05, 3.63) is 52.8 Å². The normalized spacial score (nSPS) is 10.3. The number of nitrogens with two attached hydrogens (primary N) is 1. The van der Waals surface area contributed by atoms with E-state index in [9.17, 15) is 0 Å². The van der Waals surface area contributed by atoms with Crippen LogP contribution < -0.4 is 11.1 Å². The van der Waals surface area contributed by atoms with E-state index in [1.807, 2.05) is 24.3 Å². The number of fused-ring (bicyclic) bond motifs is 1. The van der Waals surface area contributed by atoms with Crippen molar-refractivity contribution in [2.24, 2.45) is 0 Å². The maximum atomic E-state index is 9.16. The SMILES string of the molecule is N#Cc1cc(N)cnc1Nc1cccc2cc(Br)cnc12. The van der Waals surface area contributed by atoms with Gasteiger partial charge in [0.15, 0.2) is 0 Å². The molecule has 5 nitrogen and oxygen atoms in total. The molecule has 0 bridgehead atoms. The van der Waals surface area contributed by atoms with Gasteiger partial charge in [0.2, 0.25) is 0 Å². The Labute approximate surface area is 129 Å². The second kappa shape index (κ2) is 5.38. The Morgan fingerprint density at radius 3 is 2.86 bits per heavy atom. The number of aromatic nitrogens is 2. The lowest BCUT2D eigenvalue weighted by Crippen LogP contribution is -1.99. The van der Waals surface area contributed by atoms with Crippen LogP contribution in [0.2, 0.25) is 0 Å². The number of para-hydroxylation sites is 1. The van der Waals surface area contributed by atoms with Crippen molar-refractivity contribution < 1.29 is 0 Å². The lowest BCUT2D eigenvalue weighted by atomic mass is 10.2. The van der Waals surface area contributed by atoms with Crippen molar-refractivity contribution in [3.8, 4) is 6.07 Å². The summed E-state index contributed by atoms with van der Waals surface area (Å²) in [6.45, 7) is 0. The van der Waals surface area contributed by atoms with E-state index in [4.69, 9.17) is 11.0 Å². The molecule has 3 rings (SSSR count). The van der Waals surface area contributed by atoms with E-state index in [2.05, 4.69) is 37.3 Å². The van der Waals surface area contributed by atoms with Gasteiger partial charge in [0.25, 0.3) is 0 Å². The minimum absolute atomic E-state index is 0.393. The number of benzene rings is 1. The molecule has 0 atom stereocenters. The number of rotatable bonds is 2. The average molecular weight is 340 g/mol. The molecule has 0 spiro atoms. The Morgan fingerprint density at radius 2 is 2.05 bits per heavy atom. The second-order valence-corrected chi connectivity index (χ2v) is 5.35. The van der Waals surface area contributed by atoms with E-state index in [1.54, 1.807) is 12.3 Å². The molecule has 0 fully saturated rings. The van der Waals surface area contributed by atoms with Gasteiger partial charge in [-0.1, -0.05) is 12.1 Å². The summed E-state index contributed by atoms with van der Waals surface area (Å²) < 4.78 is 0.912. The smallest absolute Gasteiger partial charge is 0.148 e. The van der Waals surface area contributed by atoms with Gasteiger partial charge in [-0.05, 0) is 34.1 Å². The summed E-state index contributed by atoms with van der Waals surface area (Å²) in [6, 6.07) is 11.4. The van der Waals surface area contributed by atoms with Crippen LogP contribution in [0, 0.1) is 11.3 Å². The highest BCUT2D eigenvalue weighted by molar-refractivity contribution is 9.10. The van der Waals surface area contributed by atoms with Crippen LogP contribution >= 0.6 is 15.9 Å². The minimum Gasteiger partial charge on any atom is -0.397 e. The molecule has 0 unspecified atom stereocenters. The fraction of sp³-hybridized carbons (Fsp3) is 0. The van der Waals surface area contributed by atoms with Crippen LogP contribution in [0.3, 0.4) is 0 Å². The number of nitrogens with one attached hydrogen (secondary N) is 1. The van der Waals surface area contributed by atoms with E-state index >= 15 is 0 Å². The Hall–Kier alpha value is -2.65. The van der Waals surface area contributed by atoms with Gasteiger partial charge in [0, 0.05) is 16.1 Å². The zero-order chi connectivity index (χ0) is 14.8. The summed E-state index contributed by atoms with van der Waals surface area (Å²) in [4.78, 5) is 8.58. The average Bonchev–Trinajstić information content (AvgIpc) is 2.49. The van der Waals surface area contributed by atoms with Gasteiger partial charge in [0.1, 0.15) is 11.9 Å². The monoisotopic (exact) mass is 339 g/mol. The van der Waals surface area contributed by atoms with Crippen LogP contribution in [-0.4, -0.2) is 9.97 Å². The molecule has 3 aromatic rings.